The lowest BCUT2D eigenvalue weighted by Gasteiger charge is -2.04. The number of hydrogen-bond acceptors (Lipinski definition) is 5. The first-order valence-electron chi connectivity index (χ1n) is 4.97. The van der Waals surface area contributed by atoms with Crippen molar-refractivity contribution in [2.45, 2.75) is 13.0 Å². The number of nitrogens with zero attached hydrogens (tertiary/aromatic N) is 2. The van der Waals surface area contributed by atoms with E-state index in [1.165, 1.54) is 7.11 Å². The summed E-state index contributed by atoms with van der Waals surface area (Å²) in [6.45, 7) is 1.55. The van der Waals surface area contributed by atoms with Crippen molar-refractivity contribution < 1.29 is 14.4 Å². The van der Waals surface area contributed by atoms with Crippen molar-refractivity contribution in [3.05, 3.63) is 29.1 Å². The molecule has 0 radical (unpaired) electrons. The van der Waals surface area contributed by atoms with Gasteiger partial charge in [0.15, 0.2) is 0 Å². The predicted octanol–water partition coefficient (Wildman–Crippen LogP) is 2.45. The van der Waals surface area contributed by atoms with E-state index in [4.69, 9.17) is 20.9 Å². The lowest BCUT2D eigenvalue weighted by atomic mass is 10.2. The molecule has 1 aromatic heterocycles. The molecule has 0 aliphatic rings. The minimum absolute atomic E-state index is 0.164. The maximum absolute atomic E-state index is 9.31. The molecule has 1 atom stereocenters. The SMILES string of the molecule is COc1cc(Cl)ccc1-c1noc(C(C)O)n1. The van der Waals surface area contributed by atoms with Gasteiger partial charge in [0.2, 0.25) is 5.82 Å². The van der Waals surface area contributed by atoms with Crippen LogP contribution in [0.3, 0.4) is 0 Å². The zero-order valence-corrected chi connectivity index (χ0v) is 10.1. The van der Waals surface area contributed by atoms with Gasteiger partial charge >= 0.3 is 0 Å². The van der Waals surface area contributed by atoms with Crippen LogP contribution in [0.5, 0.6) is 5.75 Å². The highest BCUT2D eigenvalue weighted by Crippen LogP contribution is 2.30. The third-order valence-corrected chi connectivity index (χ3v) is 2.44. The topological polar surface area (TPSA) is 68.4 Å². The number of hydrogen-bond donors (Lipinski definition) is 1. The fourth-order valence-electron chi connectivity index (χ4n) is 1.36. The highest BCUT2D eigenvalue weighted by atomic mass is 35.5. The standard InChI is InChI=1S/C11H11ClN2O3/c1-6(15)11-13-10(14-17-11)8-4-3-7(12)5-9(8)16-2/h3-6,15H,1-2H3. The first-order chi connectivity index (χ1) is 8.11. The zero-order chi connectivity index (χ0) is 12.4. The van der Waals surface area contributed by atoms with Gasteiger partial charge in [-0.3, -0.25) is 0 Å². The fraction of sp³-hybridized carbons (Fsp3) is 0.273. The smallest absolute Gasteiger partial charge is 0.255 e. The number of methoxy groups -OCH3 is 1. The van der Waals surface area contributed by atoms with E-state index in [1.807, 2.05) is 0 Å². The molecule has 0 amide bonds. The zero-order valence-electron chi connectivity index (χ0n) is 9.35. The predicted molar refractivity (Wildman–Crippen MR) is 61.9 cm³/mol. The second kappa shape index (κ2) is 4.73. The summed E-state index contributed by atoms with van der Waals surface area (Å²) in [6.07, 6.45) is -0.797. The summed E-state index contributed by atoms with van der Waals surface area (Å²) < 4.78 is 10.1. The minimum Gasteiger partial charge on any atom is -0.496 e. The van der Waals surface area contributed by atoms with E-state index >= 15 is 0 Å². The molecule has 0 fully saturated rings. The normalized spacial score (nSPS) is 12.5. The van der Waals surface area contributed by atoms with Crippen LogP contribution in [0.15, 0.2) is 22.7 Å². The molecule has 0 aliphatic heterocycles. The van der Waals surface area contributed by atoms with Crippen molar-refractivity contribution in [3.8, 4) is 17.1 Å². The fourth-order valence-corrected chi connectivity index (χ4v) is 1.53. The van der Waals surface area contributed by atoms with Gasteiger partial charge in [0.05, 0.1) is 12.7 Å². The second-order valence-electron chi connectivity index (χ2n) is 3.48. The maximum Gasteiger partial charge on any atom is 0.255 e. The van der Waals surface area contributed by atoms with E-state index < -0.39 is 6.10 Å². The number of aromatic nitrogens is 2. The molecular weight excluding hydrogens is 244 g/mol. The van der Waals surface area contributed by atoms with Crippen LogP contribution in [-0.4, -0.2) is 22.4 Å². The van der Waals surface area contributed by atoms with E-state index in [-0.39, 0.29) is 5.89 Å². The highest BCUT2D eigenvalue weighted by molar-refractivity contribution is 6.30. The van der Waals surface area contributed by atoms with E-state index in [1.54, 1.807) is 25.1 Å². The number of aliphatic hydroxyl groups is 1. The van der Waals surface area contributed by atoms with Crippen molar-refractivity contribution in [1.29, 1.82) is 0 Å². The van der Waals surface area contributed by atoms with Gasteiger partial charge in [0, 0.05) is 5.02 Å². The van der Waals surface area contributed by atoms with Crippen molar-refractivity contribution in [2.24, 2.45) is 0 Å². The first-order valence-corrected chi connectivity index (χ1v) is 5.35. The Kier molecular flexibility index (Phi) is 3.31. The maximum atomic E-state index is 9.31. The molecule has 1 heterocycles. The molecule has 2 rings (SSSR count). The molecule has 0 saturated carbocycles. The molecule has 0 saturated heterocycles. The number of rotatable bonds is 3. The van der Waals surface area contributed by atoms with Crippen LogP contribution < -0.4 is 4.74 Å². The molecule has 1 unspecified atom stereocenters. The molecule has 0 aliphatic carbocycles. The van der Waals surface area contributed by atoms with Crippen molar-refractivity contribution in [3.63, 3.8) is 0 Å². The van der Waals surface area contributed by atoms with Gasteiger partial charge in [0.25, 0.3) is 5.89 Å². The van der Waals surface area contributed by atoms with Gasteiger partial charge in [-0.25, -0.2) is 0 Å². The van der Waals surface area contributed by atoms with Crippen LogP contribution in [-0.2, 0) is 0 Å². The van der Waals surface area contributed by atoms with E-state index in [2.05, 4.69) is 10.1 Å². The average molecular weight is 255 g/mol. The first kappa shape index (κ1) is 11.9. The van der Waals surface area contributed by atoms with Crippen LogP contribution in [0.4, 0.5) is 0 Å². The average Bonchev–Trinajstić information content (AvgIpc) is 2.78. The van der Waals surface area contributed by atoms with Gasteiger partial charge in [-0.2, -0.15) is 4.98 Å². The number of benzene rings is 1. The molecule has 17 heavy (non-hydrogen) atoms. The van der Waals surface area contributed by atoms with Gasteiger partial charge in [-0.1, -0.05) is 16.8 Å². The Labute approximate surface area is 103 Å². The summed E-state index contributed by atoms with van der Waals surface area (Å²) in [5.74, 6) is 1.07. The quantitative estimate of drug-likeness (QED) is 0.911. The van der Waals surface area contributed by atoms with Gasteiger partial charge < -0.3 is 14.4 Å². The molecular formula is C11H11ClN2O3. The Bertz CT molecular complexity index is 525. The van der Waals surface area contributed by atoms with Crippen LogP contribution >= 0.6 is 11.6 Å². The molecule has 1 N–H and O–H groups in total. The Balaban J connectivity index is 2.44. The lowest BCUT2D eigenvalue weighted by molar-refractivity contribution is 0.152. The molecule has 6 heteroatoms. The van der Waals surface area contributed by atoms with Crippen LogP contribution in [0, 0.1) is 0 Å². The molecule has 1 aromatic carbocycles. The molecule has 0 spiro atoms. The Morgan fingerprint density at radius 1 is 1.47 bits per heavy atom. The summed E-state index contributed by atoms with van der Waals surface area (Å²) in [5.41, 5.74) is 0.660. The summed E-state index contributed by atoms with van der Waals surface area (Å²) in [5, 5.41) is 13.6. The largest absolute Gasteiger partial charge is 0.496 e. The number of ether oxygens (including phenoxy) is 1. The number of halogens is 1. The third kappa shape index (κ3) is 2.40. The van der Waals surface area contributed by atoms with Gasteiger partial charge in [-0.05, 0) is 25.1 Å². The van der Waals surface area contributed by atoms with Crippen molar-refractivity contribution in [2.75, 3.05) is 7.11 Å². The van der Waals surface area contributed by atoms with E-state index in [0.29, 0.717) is 22.2 Å². The summed E-state index contributed by atoms with van der Waals surface area (Å²) in [6, 6.07) is 5.10. The van der Waals surface area contributed by atoms with Gasteiger partial charge in [-0.15, -0.1) is 0 Å². The molecule has 2 aromatic rings. The van der Waals surface area contributed by atoms with Crippen LogP contribution in [0.2, 0.25) is 5.02 Å². The lowest BCUT2D eigenvalue weighted by Crippen LogP contribution is -1.92. The summed E-state index contributed by atoms with van der Waals surface area (Å²) >= 11 is 5.85. The molecule has 5 nitrogen and oxygen atoms in total. The Morgan fingerprint density at radius 2 is 2.24 bits per heavy atom. The van der Waals surface area contributed by atoms with E-state index in [9.17, 15) is 5.11 Å². The summed E-state index contributed by atoms with van der Waals surface area (Å²) in [7, 11) is 1.53. The third-order valence-electron chi connectivity index (χ3n) is 2.20. The summed E-state index contributed by atoms with van der Waals surface area (Å²) in [4.78, 5) is 4.07. The monoisotopic (exact) mass is 254 g/mol. The van der Waals surface area contributed by atoms with Crippen molar-refractivity contribution >= 4 is 11.6 Å². The second-order valence-corrected chi connectivity index (χ2v) is 3.91. The van der Waals surface area contributed by atoms with Gasteiger partial charge in [0.1, 0.15) is 11.9 Å². The Hall–Kier alpha value is -1.59. The molecule has 0 bridgehead atoms. The van der Waals surface area contributed by atoms with Crippen LogP contribution in [0.25, 0.3) is 11.4 Å². The van der Waals surface area contributed by atoms with Crippen molar-refractivity contribution in [1.82, 2.24) is 10.1 Å². The Morgan fingerprint density at radius 3 is 2.82 bits per heavy atom. The van der Waals surface area contributed by atoms with Crippen LogP contribution in [0.1, 0.15) is 18.9 Å². The highest BCUT2D eigenvalue weighted by Gasteiger charge is 2.15. The molecule has 90 valence electrons. The minimum atomic E-state index is -0.797. The van der Waals surface area contributed by atoms with E-state index in [0.717, 1.165) is 0 Å². The number of aliphatic hydroxyl groups excluding tert-OH is 1.